The number of carbonyl (C=O) groups is 1. The summed E-state index contributed by atoms with van der Waals surface area (Å²) in [5.41, 5.74) is -0.0935. The molecule has 23 heavy (non-hydrogen) atoms. The molecule has 4 aliphatic heterocycles. The predicted octanol–water partition coefficient (Wildman–Crippen LogP) is 3.07. The SMILES string of the molecule is CC(=O)OC1OC2OC3(C)CCC4C(C)CCC(C1C)C24CO3. The molecule has 0 amide bonds. The van der Waals surface area contributed by atoms with Crippen molar-refractivity contribution >= 4 is 5.97 Å². The number of carbonyl (C=O) groups excluding carboxylic acids is 1. The summed E-state index contributed by atoms with van der Waals surface area (Å²) >= 11 is 0. The van der Waals surface area contributed by atoms with Gasteiger partial charge in [0.25, 0.3) is 0 Å². The van der Waals surface area contributed by atoms with Gasteiger partial charge in [0, 0.05) is 19.3 Å². The van der Waals surface area contributed by atoms with E-state index in [2.05, 4.69) is 13.8 Å². The molecule has 4 saturated heterocycles. The summed E-state index contributed by atoms with van der Waals surface area (Å²) in [7, 11) is 0. The van der Waals surface area contributed by atoms with E-state index in [4.69, 9.17) is 18.9 Å². The molecule has 0 radical (unpaired) electrons. The van der Waals surface area contributed by atoms with Crippen molar-refractivity contribution < 1.29 is 23.7 Å². The molecule has 5 fully saturated rings. The number of esters is 1. The molecule has 5 nitrogen and oxygen atoms in total. The highest BCUT2D eigenvalue weighted by molar-refractivity contribution is 5.66. The zero-order valence-electron chi connectivity index (χ0n) is 14.5. The van der Waals surface area contributed by atoms with E-state index >= 15 is 0 Å². The fourth-order valence-corrected chi connectivity index (χ4v) is 5.74. The first-order valence-corrected chi connectivity index (χ1v) is 9.00. The molecule has 1 spiro atoms. The van der Waals surface area contributed by atoms with Crippen LogP contribution in [-0.2, 0) is 23.7 Å². The Bertz CT molecular complexity index is 508. The standard InChI is InChI=1S/C18H28O5/c1-10-5-6-14-11(2)15(21-12(3)19)22-16-18(14)9-20-17(4,23-16)8-7-13(10)18/h10-11,13-16H,5-9H2,1-4H3. The van der Waals surface area contributed by atoms with Gasteiger partial charge in [-0.2, -0.15) is 0 Å². The Morgan fingerprint density at radius 2 is 1.96 bits per heavy atom. The molecular formula is C18H28O5. The van der Waals surface area contributed by atoms with Gasteiger partial charge in [-0.05, 0) is 37.5 Å². The Morgan fingerprint density at radius 1 is 1.17 bits per heavy atom. The lowest BCUT2D eigenvalue weighted by atomic mass is 9.52. The van der Waals surface area contributed by atoms with Crippen LogP contribution in [0, 0.1) is 29.1 Å². The first-order valence-electron chi connectivity index (χ1n) is 9.00. The second-order valence-corrected chi connectivity index (χ2v) is 8.26. The van der Waals surface area contributed by atoms with Crippen molar-refractivity contribution in [2.45, 2.75) is 71.7 Å². The number of hydrogen-bond acceptors (Lipinski definition) is 5. The summed E-state index contributed by atoms with van der Waals surface area (Å²) in [6.45, 7) is 8.66. The molecule has 5 aliphatic rings. The van der Waals surface area contributed by atoms with Crippen LogP contribution < -0.4 is 0 Å². The van der Waals surface area contributed by atoms with Crippen molar-refractivity contribution in [1.82, 2.24) is 0 Å². The van der Waals surface area contributed by atoms with Gasteiger partial charge in [-0.25, -0.2) is 0 Å². The van der Waals surface area contributed by atoms with Gasteiger partial charge < -0.3 is 18.9 Å². The molecular weight excluding hydrogens is 296 g/mol. The fraction of sp³-hybridized carbons (Fsp3) is 0.944. The minimum absolute atomic E-state index is 0.0935. The highest BCUT2D eigenvalue weighted by Crippen LogP contribution is 2.63. The van der Waals surface area contributed by atoms with Crippen LogP contribution in [0.1, 0.15) is 53.4 Å². The van der Waals surface area contributed by atoms with E-state index in [9.17, 15) is 4.79 Å². The summed E-state index contributed by atoms with van der Waals surface area (Å²) in [5.74, 6) is 0.923. The topological polar surface area (TPSA) is 54.0 Å². The van der Waals surface area contributed by atoms with E-state index < -0.39 is 12.1 Å². The Labute approximate surface area is 138 Å². The molecule has 0 aromatic rings. The van der Waals surface area contributed by atoms with Gasteiger partial charge in [0.05, 0.1) is 12.0 Å². The Morgan fingerprint density at radius 3 is 2.70 bits per heavy atom. The van der Waals surface area contributed by atoms with Crippen LogP contribution in [-0.4, -0.2) is 30.9 Å². The normalized spacial score (nSPS) is 55.0. The second kappa shape index (κ2) is 5.17. The first kappa shape index (κ1) is 15.9. The maximum absolute atomic E-state index is 11.5. The van der Waals surface area contributed by atoms with Crippen molar-refractivity contribution in [3.05, 3.63) is 0 Å². The highest BCUT2D eigenvalue weighted by atomic mass is 16.8. The molecule has 1 saturated carbocycles. The van der Waals surface area contributed by atoms with E-state index in [-0.39, 0.29) is 23.6 Å². The average Bonchev–Trinajstić information content (AvgIpc) is 2.70. The van der Waals surface area contributed by atoms with E-state index in [0.29, 0.717) is 24.4 Å². The van der Waals surface area contributed by atoms with Crippen LogP contribution in [0.15, 0.2) is 0 Å². The summed E-state index contributed by atoms with van der Waals surface area (Å²) in [6, 6.07) is 0. The van der Waals surface area contributed by atoms with Crippen LogP contribution in [0.25, 0.3) is 0 Å². The Kier molecular flexibility index (Phi) is 3.56. The van der Waals surface area contributed by atoms with Crippen molar-refractivity contribution in [1.29, 1.82) is 0 Å². The summed E-state index contributed by atoms with van der Waals surface area (Å²) in [6.07, 6.45) is 3.53. The summed E-state index contributed by atoms with van der Waals surface area (Å²) in [5, 5.41) is 0. The molecule has 2 bridgehead atoms. The number of ether oxygens (including phenoxy) is 4. The quantitative estimate of drug-likeness (QED) is 0.694. The summed E-state index contributed by atoms with van der Waals surface area (Å²) < 4.78 is 24.2. The third-order valence-electron chi connectivity index (χ3n) is 6.94. The van der Waals surface area contributed by atoms with Crippen molar-refractivity contribution in [3.8, 4) is 0 Å². The molecule has 130 valence electrons. The molecule has 1 aliphatic carbocycles. The van der Waals surface area contributed by atoms with Gasteiger partial charge in [0.1, 0.15) is 0 Å². The number of rotatable bonds is 1. The molecule has 0 aromatic carbocycles. The Hall–Kier alpha value is -0.650. The minimum atomic E-state index is -0.571. The third-order valence-corrected chi connectivity index (χ3v) is 6.94. The van der Waals surface area contributed by atoms with Crippen molar-refractivity contribution in [2.24, 2.45) is 29.1 Å². The molecule has 5 heteroatoms. The van der Waals surface area contributed by atoms with Gasteiger partial charge >= 0.3 is 5.97 Å². The van der Waals surface area contributed by atoms with E-state index in [1.54, 1.807) is 0 Å². The van der Waals surface area contributed by atoms with Crippen LogP contribution in [0.4, 0.5) is 0 Å². The van der Waals surface area contributed by atoms with Gasteiger partial charge in [-0.3, -0.25) is 4.79 Å². The third kappa shape index (κ3) is 2.19. The maximum Gasteiger partial charge on any atom is 0.304 e. The number of fused-ring (bicyclic) bond motifs is 2. The predicted molar refractivity (Wildman–Crippen MR) is 82.1 cm³/mol. The van der Waals surface area contributed by atoms with Gasteiger partial charge in [-0.15, -0.1) is 0 Å². The molecule has 5 rings (SSSR count). The number of hydrogen-bond donors (Lipinski definition) is 0. The first-order chi connectivity index (χ1) is 10.9. The summed E-state index contributed by atoms with van der Waals surface area (Å²) in [4.78, 5) is 11.5. The second-order valence-electron chi connectivity index (χ2n) is 8.26. The van der Waals surface area contributed by atoms with Crippen molar-refractivity contribution in [3.63, 3.8) is 0 Å². The van der Waals surface area contributed by atoms with Gasteiger partial charge in [0.15, 0.2) is 12.1 Å². The van der Waals surface area contributed by atoms with Crippen LogP contribution >= 0.6 is 0 Å². The van der Waals surface area contributed by atoms with E-state index in [1.807, 2.05) is 6.92 Å². The zero-order chi connectivity index (χ0) is 16.4. The van der Waals surface area contributed by atoms with Gasteiger partial charge in [-0.1, -0.05) is 20.3 Å². The monoisotopic (exact) mass is 324 g/mol. The van der Waals surface area contributed by atoms with Crippen molar-refractivity contribution in [2.75, 3.05) is 6.61 Å². The highest BCUT2D eigenvalue weighted by Gasteiger charge is 2.67. The fourth-order valence-electron chi connectivity index (χ4n) is 5.74. The maximum atomic E-state index is 11.5. The smallest absolute Gasteiger partial charge is 0.304 e. The average molecular weight is 324 g/mol. The van der Waals surface area contributed by atoms with E-state index in [1.165, 1.54) is 13.3 Å². The van der Waals surface area contributed by atoms with Crippen LogP contribution in [0.5, 0.6) is 0 Å². The lowest BCUT2D eigenvalue weighted by Gasteiger charge is -2.61. The lowest BCUT2D eigenvalue weighted by Crippen LogP contribution is -2.66. The molecule has 4 heterocycles. The van der Waals surface area contributed by atoms with Crippen LogP contribution in [0.2, 0.25) is 0 Å². The Balaban J connectivity index is 1.74. The zero-order valence-corrected chi connectivity index (χ0v) is 14.5. The van der Waals surface area contributed by atoms with E-state index in [0.717, 1.165) is 19.3 Å². The molecule has 0 aromatic heterocycles. The molecule has 0 N–H and O–H groups in total. The minimum Gasteiger partial charge on any atom is -0.436 e. The van der Waals surface area contributed by atoms with Gasteiger partial charge in [0.2, 0.25) is 6.29 Å². The largest absolute Gasteiger partial charge is 0.436 e. The molecule has 8 atom stereocenters. The van der Waals surface area contributed by atoms with Crippen LogP contribution in [0.3, 0.4) is 0 Å². The molecule has 8 unspecified atom stereocenters. The lowest BCUT2D eigenvalue weighted by molar-refractivity contribution is -0.440.